The van der Waals surface area contributed by atoms with Gasteiger partial charge >= 0.3 is 0 Å². The first kappa shape index (κ1) is 24.9. The number of anilines is 1. The third kappa shape index (κ3) is 3.97. The topological polar surface area (TPSA) is 78.9 Å². The SMILES string of the molecule is C=CC1=CC[C@H]2C(=O)N(Nc3ccc(Cl)cc3Cl)C(=O)[C@@]2(c2ccc(OC)cc2)[C@H]1c1cccc(O)c1. The molecule has 0 radical (unpaired) electrons. The second kappa shape index (κ2) is 9.61. The predicted octanol–water partition coefficient (Wildman–Crippen LogP) is 6.26. The number of carbonyl (C=O) groups is 2. The minimum absolute atomic E-state index is 0.0626. The Balaban J connectivity index is 1.73. The summed E-state index contributed by atoms with van der Waals surface area (Å²) in [4.78, 5) is 28.5. The molecule has 1 heterocycles. The first-order valence-electron chi connectivity index (χ1n) is 11.7. The molecule has 1 aliphatic carbocycles. The Morgan fingerprint density at radius 2 is 1.86 bits per heavy atom. The van der Waals surface area contributed by atoms with Gasteiger partial charge in [0.05, 0.1) is 29.2 Å². The van der Waals surface area contributed by atoms with Crippen molar-refractivity contribution in [3.63, 3.8) is 0 Å². The number of imide groups is 1. The Morgan fingerprint density at radius 1 is 1.11 bits per heavy atom. The summed E-state index contributed by atoms with van der Waals surface area (Å²) in [5.41, 5.74) is 4.15. The average Bonchev–Trinajstić information content (AvgIpc) is 3.11. The van der Waals surface area contributed by atoms with Gasteiger partial charge in [0.1, 0.15) is 11.5 Å². The van der Waals surface area contributed by atoms with Crippen molar-refractivity contribution >= 4 is 40.7 Å². The van der Waals surface area contributed by atoms with Gasteiger partial charge < -0.3 is 9.84 Å². The molecule has 188 valence electrons. The van der Waals surface area contributed by atoms with Gasteiger partial charge in [-0.1, -0.05) is 66.2 Å². The fourth-order valence-electron chi connectivity index (χ4n) is 5.56. The lowest BCUT2D eigenvalue weighted by molar-refractivity contribution is -0.138. The van der Waals surface area contributed by atoms with Crippen molar-refractivity contribution < 1.29 is 19.4 Å². The number of phenols is 1. The molecule has 0 spiro atoms. The number of hydrogen-bond donors (Lipinski definition) is 2. The highest BCUT2D eigenvalue weighted by molar-refractivity contribution is 6.36. The van der Waals surface area contributed by atoms with Crippen LogP contribution in [0.25, 0.3) is 0 Å². The summed E-state index contributed by atoms with van der Waals surface area (Å²) in [6.07, 6.45) is 3.98. The lowest BCUT2D eigenvalue weighted by atomic mass is 9.56. The highest BCUT2D eigenvalue weighted by Gasteiger charge is 2.65. The highest BCUT2D eigenvalue weighted by atomic mass is 35.5. The molecule has 0 unspecified atom stereocenters. The summed E-state index contributed by atoms with van der Waals surface area (Å²) in [5.74, 6) is -1.43. The molecule has 2 aliphatic rings. The van der Waals surface area contributed by atoms with Crippen LogP contribution in [-0.2, 0) is 15.0 Å². The average molecular weight is 535 g/mol. The number of carbonyl (C=O) groups excluding carboxylic acids is 2. The Labute approximate surface area is 224 Å². The zero-order valence-electron chi connectivity index (χ0n) is 19.9. The molecule has 5 rings (SSSR count). The smallest absolute Gasteiger partial charge is 0.260 e. The lowest BCUT2D eigenvalue weighted by Gasteiger charge is -2.43. The largest absolute Gasteiger partial charge is 0.508 e. The first-order valence-corrected chi connectivity index (χ1v) is 12.4. The number of allylic oxidation sites excluding steroid dienone is 3. The number of ether oxygens (including phenoxy) is 1. The van der Waals surface area contributed by atoms with Gasteiger partial charge in [-0.05, 0) is 65.6 Å². The summed E-state index contributed by atoms with van der Waals surface area (Å²) >= 11 is 12.4. The van der Waals surface area contributed by atoms with Gasteiger partial charge in [-0.2, -0.15) is 5.01 Å². The Kier molecular flexibility index (Phi) is 6.48. The van der Waals surface area contributed by atoms with Crippen LogP contribution in [0, 0.1) is 5.92 Å². The van der Waals surface area contributed by atoms with E-state index in [-0.39, 0.29) is 16.7 Å². The summed E-state index contributed by atoms with van der Waals surface area (Å²) in [5, 5.41) is 12.1. The van der Waals surface area contributed by atoms with Gasteiger partial charge in [0.2, 0.25) is 0 Å². The predicted molar refractivity (Wildman–Crippen MR) is 144 cm³/mol. The van der Waals surface area contributed by atoms with Crippen molar-refractivity contribution in [2.24, 2.45) is 5.92 Å². The van der Waals surface area contributed by atoms with E-state index in [1.54, 1.807) is 55.7 Å². The second-order valence-corrected chi connectivity index (χ2v) is 9.88. The summed E-state index contributed by atoms with van der Waals surface area (Å²) < 4.78 is 5.35. The van der Waals surface area contributed by atoms with E-state index in [0.29, 0.717) is 34.0 Å². The van der Waals surface area contributed by atoms with Gasteiger partial charge in [-0.25, -0.2) is 0 Å². The normalized spacial score (nSPS) is 22.9. The fraction of sp³-hybridized carbons (Fsp3) is 0.172. The van der Waals surface area contributed by atoms with E-state index in [2.05, 4.69) is 12.0 Å². The molecule has 3 aromatic carbocycles. The summed E-state index contributed by atoms with van der Waals surface area (Å²) in [7, 11) is 1.57. The van der Waals surface area contributed by atoms with E-state index in [1.165, 1.54) is 6.07 Å². The molecule has 0 bridgehead atoms. The summed E-state index contributed by atoms with van der Waals surface area (Å²) in [6.45, 7) is 3.99. The number of aromatic hydroxyl groups is 1. The molecule has 1 saturated heterocycles. The molecular weight excluding hydrogens is 511 g/mol. The van der Waals surface area contributed by atoms with Crippen LogP contribution in [0.3, 0.4) is 0 Å². The van der Waals surface area contributed by atoms with E-state index < -0.39 is 23.2 Å². The molecule has 3 atom stereocenters. The minimum Gasteiger partial charge on any atom is -0.508 e. The third-order valence-corrected chi connectivity index (χ3v) is 7.72. The zero-order chi connectivity index (χ0) is 26.3. The number of nitrogens with zero attached hydrogens (tertiary/aromatic N) is 1. The Hall–Kier alpha value is -3.74. The molecule has 2 amide bonds. The molecule has 1 fully saturated rings. The number of hydrogen-bond acceptors (Lipinski definition) is 5. The molecular formula is C29H24Cl2N2O4. The van der Waals surface area contributed by atoms with Crippen molar-refractivity contribution in [2.75, 3.05) is 12.5 Å². The van der Waals surface area contributed by atoms with Gasteiger partial charge in [-0.3, -0.25) is 15.0 Å². The highest BCUT2D eigenvalue weighted by Crippen LogP contribution is 2.58. The number of amides is 2. The van der Waals surface area contributed by atoms with Gasteiger partial charge in [-0.15, -0.1) is 0 Å². The van der Waals surface area contributed by atoms with Crippen molar-refractivity contribution in [2.45, 2.75) is 17.8 Å². The molecule has 0 saturated carbocycles. The number of hydrazine groups is 1. The maximum absolute atomic E-state index is 14.6. The Bertz CT molecular complexity index is 1440. The maximum atomic E-state index is 14.6. The van der Waals surface area contributed by atoms with Gasteiger partial charge in [0.15, 0.2) is 0 Å². The van der Waals surface area contributed by atoms with Crippen molar-refractivity contribution in [1.82, 2.24) is 5.01 Å². The van der Waals surface area contributed by atoms with E-state index in [4.69, 9.17) is 27.9 Å². The minimum atomic E-state index is -1.32. The van der Waals surface area contributed by atoms with Crippen LogP contribution in [0.15, 0.2) is 91.0 Å². The van der Waals surface area contributed by atoms with Crippen LogP contribution in [0.2, 0.25) is 10.0 Å². The maximum Gasteiger partial charge on any atom is 0.260 e. The molecule has 8 heteroatoms. The molecule has 37 heavy (non-hydrogen) atoms. The first-order chi connectivity index (χ1) is 17.8. The monoisotopic (exact) mass is 534 g/mol. The quantitative estimate of drug-likeness (QED) is 0.365. The Morgan fingerprint density at radius 3 is 2.51 bits per heavy atom. The lowest BCUT2D eigenvalue weighted by Crippen LogP contribution is -2.48. The van der Waals surface area contributed by atoms with Gasteiger partial charge in [0, 0.05) is 10.9 Å². The van der Waals surface area contributed by atoms with E-state index in [9.17, 15) is 14.7 Å². The number of rotatable bonds is 6. The molecule has 1 aliphatic heterocycles. The molecule has 0 aromatic heterocycles. The van der Waals surface area contributed by atoms with Crippen molar-refractivity contribution in [3.05, 3.63) is 112 Å². The number of methoxy groups -OCH3 is 1. The fourth-order valence-corrected chi connectivity index (χ4v) is 6.01. The number of phenolic OH excluding ortho intramolecular Hbond substituents is 1. The number of fused-ring (bicyclic) bond motifs is 1. The molecule has 2 N–H and O–H groups in total. The van der Waals surface area contributed by atoms with Crippen LogP contribution in [0.4, 0.5) is 5.69 Å². The van der Waals surface area contributed by atoms with Crippen LogP contribution < -0.4 is 10.2 Å². The van der Waals surface area contributed by atoms with E-state index in [0.717, 1.165) is 10.6 Å². The molecule has 3 aromatic rings. The van der Waals surface area contributed by atoms with Crippen LogP contribution in [-0.4, -0.2) is 29.0 Å². The van der Waals surface area contributed by atoms with Crippen LogP contribution >= 0.6 is 23.2 Å². The zero-order valence-corrected chi connectivity index (χ0v) is 21.5. The van der Waals surface area contributed by atoms with Crippen molar-refractivity contribution in [1.29, 1.82) is 0 Å². The van der Waals surface area contributed by atoms with Crippen LogP contribution in [0.1, 0.15) is 23.5 Å². The van der Waals surface area contributed by atoms with Gasteiger partial charge in [0.25, 0.3) is 11.8 Å². The summed E-state index contributed by atoms with van der Waals surface area (Å²) in [6, 6.07) is 18.7. The van der Waals surface area contributed by atoms with Crippen molar-refractivity contribution in [3.8, 4) is 11.5 Å². The number of halogens is 2. The number of nitrogens with one attached hydrogen (secondary N) is 1. The third-order valence-electron chi connectivity index (χ3n) is 7.17. The van der Waals surface area contributed by atoms with E-state index in [1.807, 2.05) is 24.3 Å². The second-order valence-electron chi connectivity index (χ2n) is 9.04. The van der Waals surface area contributed by atoms with Crippen LogP contribution in [0.5, 0.6) is 11.5 Å². The number of benzene rings is 3. The molecule has 6 nitrogen and oxygen atoms in total. The van der Waals surface area contributed by atoms with E-state index >= 15 is 0 Å². The standard InChI is InChI=1S/C29H24Cl2N2O4/c1-3-17-7-13-23-27(35)33(32-25-14-10-20(30)16-24(25)31)28(36)29(23,19-8-11-22(37-2)12-9-19)26(17)18-5-4-6-21(34)15-18/h3-12,14-16,23,26,32,34H,1,13H2,2H3/t23-,26+,29+/m0/s1.